The SMILES string of the molecule is C[C@@H](C(=O)N(C)C)[NH+]1CCN(S(=O)(=O)c2ccc(C(C)(C)C)cc2)CC1. The number of likely N-dealkylation sites (N-methyl/N-ethyl adjacent to an activating group) is 1. The van der Waals surface area contributed by atoms with Gasteiger partial charge in [0.1, 0.15) is 0 Å². The molecule has 2 rings (SSSR count). The molecule has 1 aliphatic heterocycles. The maximum Gasteiger partial charge on any atom is 0.280 e. The molecule has 26 heavy (non-hydrogen) atoms. The summed E-state index contributed by atoms with van der Waals surface area (Å²) < 4.78 is 27.4. The molecule has 0 aliphatic carbocycles. The number of rotatable bonds is 4. The minimum absolute atomic E-state index is 0.00755. The van der Waals surface area contributed by atoms with Crippen molar-refractivity contribution in [1.82, 2.24) is 9.21 Å². The molecule has 0 aromatic heterocycles. The third-order valence-corrected chi connectivity index (χ3v) is 7.06. The first-order valence-electron chi connectivity index (χ1n) is 9.11. The summed E-state index contributed by atoms with van der Waals surface area (Å²) in [5.41, 5.74) is 1.11. The van der Waals surface area contributed by atoms with Crippen molar-refractivity contribution in [2.75, 3.05) is 40.3 Å². The van der Waals surface area contributed by atoms with Crippen molar-refractivity contribution in [3.63, 3.8) is 0 Å². The van der Waals surface area contributed by atoms with Gasteiger partial charge in [-0.05, 0) is 30.0 Å². The Balaban J connectivity index is 2.07. The van der Waals surface area contributed by atoms with Crippen molar-refractivity contribution in [3.8, 4) is 0 Å². The van der Waals surface area contributed by atoms with Crippen molar-refractivity contribution in [2.45, 2.75) is 44.0 Å². The van der Waals surface area contributed by atoms with Crippen LogP contribution in [0.25, 0.3) is 0 Å². The molecule has 0 bridgehead atoms. The van der Waals surface area contributed by atoms with E-state index in [4.69, 9.17) is 0 Å². The molecule has 1 saturated heterocycles. The molecule has 1 amide bonds. The van der Waals surface area contributed by atoms with Crippen LogP contribution in [0.15, 0.2) is 29.2 Å². The Morgan fingerprint density at radius 1 is 1.12 bits per heavy atom. The van der Waals surface area contributed by atoms with Gasteiger partial charge in [0.2, 0.25) is 10.0 Å². The van der Waals surface area contributed by atoms with Gasteiger partial charge in [-0.2, -0.15) is 4.31 Å². The Morgan fingerprint density at radius 3 is 2.04 bits per heavy atom. The highest BCUT2D eigenvalue weighted by atomic mass is 32.2. The normalized spacial score (nSPS) is 18.5. The average Bonchev–Trinajstić information content (AvgIpc) is 2.59. The molecule has 0 radical (unpaired) electrons. The lowest BCUT2D eigenvalue weighted by molar-refractivity contribution is -0.917. The second-order valence-corrected chi connectivity index (χ2v) is 10.2. The lowest BCUT2D eigenvalue weighted by Gasteiger charge is -2.35. The number of amides is 1. The Labute approximate surface area is 157 Å². The number of nitrogens with one attached hydrogen (secondary N) is 1. The van der Waals surface area contributed by atoms with Gasteiger partial charge in [0.25, 0.3) is 5.91 Å². The van der Waals surface area contributed by atoms with Crippen molar-refractivity contribution in [1.29, 1.82) is 0 Å². The second-order valence-electron chi connectivity index (χ2n) is 8.29. The zero-order valence-corrected chi connectivity index (χ0v) is 17.6. The summed E-state index contributed by atoms with van der Waals surface area (Å²) in [5, 5.41) is 0. The summed E-state index contributed by atoms with van der Waals surface area (Å²) in [7, 11) is 0.0151. The number of carbonyl (C=O) groups excluding carboxylic acids is 1. The molecule has 0 unspecified atom stereocenters. The number of nitrogens with zero attached hydrogens (tertiary/aromatic N) is 2. The van der Waals surface area contributed by atoms with Crippen LogP contribution in [0.3, 0.4) is 0 Å². The van der Waals surface area contributed by atoms with Gasteiger partial charge in [0.15, 0.2) is 6.04 Å². The predicted molar refractivity (Wildman–Crippen MR) is 103 cm³/mol. The highest BCUT2D eigenvalue weighted by molar-refractivity contribution is 7.89. The number of benzene rings is 1. The van der Waals surface area contributed by atoms with Gasteiger partial charge in [-0.1, -0.05) is 32.9 Å². The molecule has 1 fully saturated rings. The van der Waals surface area contributed by atoms with Gasteiger partial charge in [-0.3, -0.25) is 4.79 Å². The van der Waals surface area contributed by atoms with Crippen LogP contribution in [0.4, 0.5) is 0 Å². The zero-order valence-electron chi connectivity index (χ0n) is 16.7. The van der Waals surface area contributed by atoms with E-state index in [9.17, 15) is 13.2 Å². The van der Waals surface area contributed by atoms with E-state index in [1.54, 1.807) is 31.1 Å². The highest BCUT2D eigenvalue weighted by Gasteiger charge is 2.34. The highest BCUT2D eigenvalue weighted by Crippen LogP contribution is 2.24. The molecule has 1 aliphatic rings. The molecule has 1 heterocycles. The molecular weight excluding hydrogens is 350 g/mol. The third kappa shape index (κ3) is 4.45. The first-order valence-corrected chi connectivity index (χ1v) is 10.5. The lowest BCUT2D eigenvalue weighted by Crippen LogP contribution is -3.19. The standard InChI is InChI=1S/C19H31N3O3S/c1-15(18(23)20(5)6)21-11-13-22(14-12-21)26(24,25)17-9-7-16(8-10-17)19(2,3)4/h7-10,15H,11-14H2,1-6H3/p+1/t15-/m0/s1. The number of sulfonamides is 1. The van der Waals surface area contributed by atoms with Gasteiger partial charge in [0.05, 0.1) is 31.1 Å². The first kappa shape index (κ1) is 20.9. The number of piperazine rings is 1. The number of hydrogen-bond donors (Lipinski definition) is 1. The number of hydrogen-bond acceptors (Lipinski definition) is 3. The van der Waals surface area contributed by atoms with Crippen LogP contribution < -0.4 is 4.90 Å². The molecule has 1 aromatic carbocycles. The minimum Gasteiger partial charge on any atom is -0.344 e. The van der Waals surface area contributed by atoms with Gasteiger partial charge >= 0.3 is 0 Å². The van der Waals surface area contributed by atoms with Crippen molar-refractivity contribution in [2.24, 2.45) is 0 Å². The molecule has 1 N–H and O–H groups in total. The molecule has 0 spiro atoms. The molecule has 0 saturated carbocycles. The summed E-state index contributed by atoms with van der Waals surface area (Å²) in [6.45, 7) is 10.4. The minimum atomic E-state index is -3.49. The number of carbonyl (C=O) groups is 1. The van der Waals surface area contributed by atoms with Crippen LogP contribution in [0, 0.1) is 0 Å². The van der Waals surface area contributed by atoms with Crippen molar-refractivity contribution in [3.05, 3.63) is 29.8 Å². The maximum absolute atomic E-state index is 12.9. The average molecular weight is 383 g/mol. The molecule has 7 heteroatoms. The fourth-order valence-electron chi connectivity index (χ4n) is 3.28. The van der Waals surface area contributed by atoms with E-state index in [0.29, 0.717) is 31.1 Å². The van der Waals surface area contributed by atoms with Crippen LogP contribution in [0.1, 0.15) is 33.3 Å². The predicted octanol–water partition coefficient (Wildman–Crippen LogP) is 0.350. The summed E-state index contributed by atoms with van der Waals surface area (Å²) in [4.78, 5) is 15.2. The van der Waals surface area contributed by atoms with Crippen LogP contribution >= 0.6 is 0 Å². The molecular formula is C19H32N3O3S+. The van der Waals surface area contributed by atoms with E-state index >= 15 is 0 Å². The zero-order chi connectivity index (χ0) is 19.7. The second kappa shape index (κ2) is 7.66. The maximum atomic E-state index is 12.9. The summed E-state index contributed by atoms with van der Waals surface area (Å²) >= 11 is 0. The van der Waals surface area contributed by atoms with E-state index < -0.39 is 10.0 Å². The van der Waals surface area contributed by atoms with E-state index in [1.807, 2.05) is 19.1 Å². The van der Waals surface area contributed by atoms with E-state index in [2.05, 4.69) is 20.8 Å². The largest absolute Gasteiger partial charge is 0.344 e. The Morgan fingerprint density at radius 2 is 1.62 bits per heavy atom. The smallest absolute Gasteiger partial charge is 0.280 e. The fraction of sp³-hybridized carbons (Fsp3) is 0.632. The van der Waals surface area contributed by atoms with E-state index in [-0.39, 0.29) is 17.4 Å². The third-order valence-electron chi connectivity index (χ3n) is 5.15. The van der Waals surface area contributed by atoms with E-state index in [0.717, 1.165) is 10.5 Å². The van der Waals surface area contributed by atoms with Gasteiger partial charge < -0.3 is 9.80 Å². The summed E-state index contributed by atoms with van der Waals surface area (Å²) in [6.07, 6.45) is 0. The molecule has 6 nitrogen and oxygen atoms in total. The Bertz CT molecular complexity index is 728. The van der Waals surface area contributed by atoms with Crippen LogP contribution in [0.5, 0.6) is 0 Å². The quantitative estimate of drug-likeness (QED) is 0.817. The first-order chi connectivity index (χ1) is 11.9. The van der Waals surface area contributed by atoms with Crippen LogP contribution in [-0.4, -0.2) is 69.8 Å². The van der Waals surface area contributed by atoms with E-state index in [1.165, 1.54) is 4.31 Å². The van der Waals surface area contributed by atoms with Crippen LogP contribution in [0.2, 0.25) is 0 Å². The Kier molecular flexibility index (Phi) is 6.15. The Hall–Kier alpha value is -1.44. The lowest BCUT2D eigenvalue weighted by atomic mass is 9.87. The summed E-state index contributed by atoms with van der Waals surface area (Å²) in [6, 6.07) is 7.04. The van der Waals surface area contributed by atoms with Gasteiger partial charge in [0, 0.05) is 14.1 Å². The monoisotopic (exact) mass is 382 g/mol. The molecule has 146 valence electrons. The van der Waals surface area contributed by atoms with Crippen molar-refractivity contribution < 1.29 is 18.1 Å². The van der Waals surface area contributed by atoms with Crippen molar-refractivity contribution >= 4 is 15.9 Å². The van der Waals surface area contributed by atoms with Gasteiger partial charge in [-0.25, -0.2) is 8.42 Å². The summed E-state index contributed by atoms with van der Waals surface area (Å²) in [5.74, 6) is 0.0778. The topological polar surface area (TPSA) is 62.1 Å². The fourth-order valence-corrected chi connectivity index (χ4v) is 4.73. The number of quaternary nitrogens is 1. The molecule has 1 atom stereocenters. The van der Waals surface area contributed by atoms with Crippen LogP contribution in [-0.2, 0) is 20.2 Å². The molecule has 1 aromatic rings. The van der Waals surface area contributed by atoms with Gasteiger partial charge in [-0.15, -0.1) is 0 Å².